The first-order chi connectivity index (χ1) is 7.70. The minimum atomic E-state index is 0.613. The van der Waals surface area contributed by atoms with Gasteiger partial charge >= 0.3 is 0 Å². The summed E-state index contributed by atoms with van der Waals surface area (Å²) in [6.07, 6.45) is 0. The van der Waals surface area contributed by atoms with Crippen molar-refractivity contribution < 1.29 is 0 Å². The molecule has 2 aromatic carbocycles. The first-order valence-electron chi connectivity index (χ1n) is 5.81. The summed E-state index contributed by atoms with van der Waals surface area (Å²) in [7, 11) is 1.16. The van der Waals surface area contributed by atoms with Crippen LogP contribution in [0.4, 0.5) is 0 Å². The first kappa shape index (κ1) is 11.2. The van der Waals surface area contributed by atoms with Gasteiger partial charge in [-0.2, -0.15) is 0 Å². The van der Waals surface area contributed by atoms with Crippen molar-refractivity contribution in [2.75, 3.05) is 0 Å². The van der Waals surface area contributed by atoms with E-state index in [9.17, 15) is 0 Å². The Morgan fingerprint density at radius 3 is 1.50 bits per heavy atom. The van der Waals surface area contributed by atoms with E-state index in [4.69, 9.17) is 0 Å². The van der Waals surface area contributed by atoms with E-state index in [-0.39, 0.29) is 0 Å². The van der Waals surface area contributed by atoms with Crippen molar-refractivity contribution in [2.45, 2.75) is 19.4 Å². The van der Waals surface area contributed by atoms with Crippen LogP contribution in [-0.4, -0.2) is 10.2 Å². The molecule has 0 amide bonds. The smallest absolute Gasteiger partial charge is 0.0179 e. The lowest BCUT2D eigenvalue weighted by Crippen LogP contribution is -2.04. The average Bonchev–Trinajstić information content (AvgIpc) is 2.29. The van der Waals surface area contributed by atoms with Gasteiger partial charge in [-0.3, -0.25) is 0 Å². The normalized spacial score (nSPS) is 10.9. The van der Waals surface area contributed by atoms with Crippen LogP contribution in [0.2, 0.25) is 0 Å². The summed E-state index contributed by atoms with van der Waals surface area (Å²) in [5, 5.41) is 0. The average molecular weight is 226 g/mol. The molecular weight excluding hydrogens is 208 g/mol. The molecule has 0 unspecified atom stereocenters. The molecule has 0 aliphatic heterocycles. The first-order valence-corrected chi connectivity index (χ1v) is 6.96. The lowest BCUT2D eigenvalue weighted by molar-refractivity contribution is 1.09. The van der Waals surface area contributed by atoms with E-state index < -0.39 is 0 Å². The molecule has 0 saturated carbocycles. The van der Waals surface area contributed by atoms with Crippen molar-refractivity contribution in [3.8, 4) is 0 Å². The largest absolute Gasteiger partial charge is 0.0620 e. The van der Waals surface area contributed by atoms with E-state index in [2.05, 4.69) is 62.4 Å². The van der Waals surface area contributed by atoms with Crippen LogP contribution in [0.5, 0.6) is 0 Å². The Bertz CT molecular complexity index is 443. The van der Waals surface area contributed by atoms with Crippen LogP contribution >= 0.6 is 0 Å². The van der Waals surface area contributed by atoms with Crippen molar-refractivity contribution in [1.82, 2.24) is 0 Å². The van der Waals surface area contributed by atoms with E-state index in [1.807, 2.05) is 0 Å². The lowest BCUT2D eigenvalue weighted by atomic mass is 9.97. The molecule has 1 heteroatoms. The molecule has 0 aliphatic carbocycles. The number of hydrogen-bond acceptors (Lipinski definition) is 0. The van der Waals surface area contributed by atoms with Crippen molar-refractivity contribution in [3.05, 3.63) is 70.8 Å². The van der Waals surface area contributed by atoms with Gasteiger partial charge < -0.3 is 0 Å². The van der Waals surface area contributed by atoms with Crippen molar-refractivity contribution >= 4 is 10.2 Å². The third-order valence-corrected chi connectivity index (χ3v) is 4.55. The molecule has 0 atom stereocenters. The van der Waals surface area contributed by atoms with E-state index in [0.29, 0.717) is 5.54 Å². The fourth-order valence-corrected chi connectivity index (χ4v) is 3.61. The molecule has 2 aromatic rings. The van der Waals surface area contributed by atoms with Crippen LogP contribution in [0.3, 0.4) is 0 Å². The Balaban J connectivity index is 2.44. The monoisotopic (exact) mass is 226 g/mol. The van der Waals surface area contributed by atoms with E-state index >= 15 is 0 Å². The maximum atomic E-state index is 2.26. The van der Waals surface area contributed by atoms with Crippen LogP contribution in [0.15, 0.2) is 48.5 Å². The zero-order valence-corrected chi connectivity index (χ0v) is 12.2. The fraction of sp³-hybridized carbons (Fsp3) is 0.200. The molecule has 0 bridgehead atoms. The molecule has 0 spiro atoms. The molecule has 0 fully saturated rings. The van der Waals surface area contributed by atoms with Crippen molar-refractivity contribution in [1.29, 1.82) is 0 Å². The Kier molecular flexibility index (Phi) is 3.25. The number of benzene rings is 2. The summed E-state index contributed by atoms with van der Waals surface area (Å²) < 4.78 is 0. The quantitative estimate of drug-likeness (QED) is 0.691. The lowest BCUT2D eigenvalue weighted by Gasteiger charge is -2.17. The van der Waals surface area contributed by atoms with Gasteiger partial charge in [0.25, 0.3) is 0 Å². The van der Waals surface area contributed by atoms with Gasteiger partial charge in [-0.15, -0.1) is 0 Å². The van der Waals surface area contributed by atoms with E-state index in [0.717, 1.165) is 10.2 Å². The highest BCUT2D eigenvalue weighted by molar-refractivity contribution is 6.14. The van der Waals surface area contributed by atoms with Crippen molar-refractivity contribution in [3.63, 3.8) is 0 Å². The van der Waals surface area contributed by atoms with Gasteiger partial charge in [-0.25, -0.2) is 0 Å². The second-order valence-corrected chi connectivity index (χ2v) is 5.59. The standard InChI is InChI=1S/C15H18Si/c1-11-7-3-5-9-13(11)15(16)14-10-6-4-8-12(14)2/h3-10,15H,1-2,16H3. The zero-order valence-electron chi connectivity index (χ0n) is 10.2. The Labute approximate surface area is 101 Å². The predicted octanol–water partition coefficient (Wildman–Crippen LogP) is 2.76. The molecule has 2 rings (SSSR count). The fourth-order valence-electron chi connectivity index (χ4n) is 2.31. The minimum absolute atomic E-state index is 0.613. The Morgan fingerprint density at radius 2 is 1.12 bits per heavy atom. The minimum Gasteiger partial charge on any atom is -0.0620 e. The molecular formula is C15H18Si. The van der Waals surface area contributed by atoms with E-state index in [1.165, 1.54) is 22.3 Å². The molecule has 0 aliphatic rings. The van der Waals surface area contributed by atoms with Gasteiger partial charge in [0.1, 0.15) is 0 Å². The van der Waals surface area contributed by atoms with Gasteiger partial charge in [0.2, 0.25) is 0 Å². The Morgan fingerprint density at radius 1 is 0.750 bits per heavy atom. The Hall–Kier alpha value is -1.34. The number of aryl methyl sites for hydroxylation is 2. The summed E-state index contributed by atoms with van der Waals surface area (Å²) in [6, 6.07) is 17.5. The molecule has 0 saturated heterocycles. The predicted molar refractivity (Wildman–Crippen MR) is 74.1 cm³/mol. The summed E-state index contributed by atoms with van der Waals surface area (Å²) >= 11 is 0. The van der Waals surface area contributed by atoms with Crippen molar-refractivity contribution in [2.24, 2.45) is 0 Å². The summed E-state index contributed by atoms with van der Waals surface area (Å²) in [6.45, 7) is 4.41. The highest BCUT2D eigenvalue weighted by atomic mass is 28.1. The molecule has 0 radical (unpaired) electrons. The molecule has 16 heavy (non-hydrogen) atoms. The molecule has 0 heterocycles. The molecule has 0 aromatic heterocycles. The van der Waals surface area contributed by atoms with Crippen LogP contribution in [-0.2, 0) is 0 Å². The third-order valence-electron chi connectivity index (χ3n) is 3.31. The van der Waals surface area contributed by atoms with Crippen LogP contribution in [0.1, 0.15) is 27.8 Å². The second-order valence-electron chi connectivity index (χ2n) is 4.43. The molecule has 82 valence electrons. The van der Waals surface area contributed by atoms with Crippen LogP contribution < -0.4 is 0 Å². The van der Waals surface area contributed by atoms with Gasteiger partial charge in [-0.1, -0.05) is 48.5 Å². The number of rotatable bonds is 2. The highest BCUT2D eigenvalue weighted by Gasteiger charge is 2.11. The van der Waals surface area contributed by atoms with Gasteiger partial charge in [0.05, 0.1) is 0 Å². The van der Waals surface area contributed by atoms with Gasteiger partial charge in [0, 0.05) is 10.2 Å². The van der Waals surface area contributed by atoms with Gasteiger partial charge in [-0.05, 0) is 41.6 Å². The van der Waals surface area contributed by atoms with Crippen LogP contribution in [0.25, 0.3) is 0 Å². The number of hydrogen-bond donors (Lipinski definition) is 0. The maximum absolute atomic E-state index is 2.26. The summed E-state index contributed by atoms with van der Waals surface area (Å²) in [4.78, 5) is 0. The van der Waals surface area contributed by atoms with Gasteiger partial charge in [0.15, 0.2) is 0 Å². The van der Waals surface area contributed by atoms with E-state index in [1.54, 1.807) is 0 Å². The van der Waals surface area contributed by atoms with Crippen LogP contribution in [0, 0.1) is 13.8 Å². The maximum Gasteiger partial charge on any atom is 0.0179 e. The molecule has 0 N–H and O–H groups in total. The summed E-state index contributed by atoms with van der Waals surface area (Å²) in [5.41, 5.74) is 6.41. The SMILES string of the molecule is Cc1ccccc1C([SiH3])c1ccccc1C. The zero-order chi connectivity index (χ0) is 11.5. The summed E-state index contributed by atoms with van der Waals surface area (Å²) in [5.74, 6) is 0. The second kappa shape index (κ2) is 4.66. The topological polar surface area (TPSA) is 0 Å². The molecule has 0 nitrogen and oxygen atoms in total. The highest BCUT2D eigenvalue weighted by Crippen LogP contribution is 2.26. The third kappa shape index (κ3) is 2.09.